The van der Waals surface area contributed by atoms with Crippen LogP contribution in [0.15, 0.2) is 84.9 Å². The second kappa shape index (κ2) is 16.2. The van der Waals surface area contributed by atoms with E-state index in [1.54, 1.807) is 19.1 Å². The third-order valence-electron chi connectivity index (χ3n) is 9.11. The van der Waals surface area contributed by atoms with Gasteiger partial charge in [-0.2, -0.15) is 0 Å². The fraction of sp³-hybridized carbons (Fsp3) is 0.447. The van der Waals surface area contributed by atoms with E-state index in [1.807, 2.05) is 48.5 Å². The first-order valence-corrected chi connectivity index (χ1v) is 16.6. The van der Waals surface area contributed by atoms with E-state index >= 15 is 0 Å². The van der Waals surface area contributed by atoms with Crippen LogP contribution in [0.2, 0.25) is 0 Å². The highest BCUT2D eigenvalue weighted by atomic mass is 16.6. The van der Waals surface area contributed by atoms with E-state index in [0.29, 0.717) is 32.9 Å². The molecule has 47 heavy (non-hydrogen) atoms. The number of benzene rings is 3. The molecule has 0 radical (unpaired) electrons. The van der Waals surface area contributed by atoms with E-state index in [4.69, 9.17) is 28.4 Å². The molecule has 0 saturated carbocycles. The minimum atomic E-state index is -0.371. The van der Waals surface area contributed by atoms with Crippen molar-refractivity contribution in [2.75, 3.05) is 58.5 Å². The topological polar surface area (TPSA) is 78.9 Å². The molecule has 0 bridgehead atoms. The number of piperidine rings is 1. The van der Waals surface area contributed by atoms with E-state index in [9.17, 15) is 4.79 Å². The Morgan fingerprint density at radius 2 is 1.77 bits per heavy atom. The number of rotatable bonds is 13. The molecule has 250 valence electrons. The van der Waals surface area contributed by atoms with Crippen LogP contribution in [-0.2, 0) is 32.2 Å². The average molecular weight is 643 g/mol. The van der Waals surface area contributed by atoms with Crippen molar-refractivity contribution in [1.82, 2.24) is 4.90 Å². The van der Waals surface area contributed by atoms with Crippen molar-refractivity contribution in [3.8, 4) is 11.5 Å². The van der Waals surface area contributed by atoms with Crippen molar-refractivity contribution < 1.29 is 33.2 Å². The van der Waals surface area contributed by atoms with Crippen molar-refractivity contribution in [3.05, 3.63) is 102 Å². The Morgan fingerprint density at radius 1 is 0.936 bits per heavy atom. The van der Waals surface area contributed by atoms with E-state index in [2.05, 4.69) is 41.3 Å². The zero-order chi connectivity index (χ0) is 32.4. The Bertz CT molecular complexity index is 1460. The first kappa shape index (κ1) is 32.9. The largest absolute Gasteiger partial charge is 0.497 e. The van der Waals surface area contributed by atoms with E-state index in [-0.39, 0.29) is 36.9 Å². The molecule has 1 amide bonds. The fourth-order valence-electron chi connectivity index (χ4n) is 6.66. The van der Waals surface area contributed by atoms with Crippen molar-refractivity contribution >= 4 is 11.8 Å². The van der Waals surface area contributed by atoms with Crippen LogP contribution in [0.5, 0.6) is 11.5 Å². The number of ether oxygens (including phenoxy) is 6. The lowest BCUT2D eigenvalue weighted by Crippen LogP contribution is -2.55. The zero-order valence-electron chi connectivity index (χ0n) is 27.4. The lowest BCUT2D eigenvalue weighted by Gasteiger charge is -2.44. The molecule has 3 aromatic rings. The van der Waals surface area contributed by atoms with Gasteiger partial charge in [0.2, 0.25) is 0 Å². The summed E-state index contributed by atoms with van der Waals surface area (Å²) in [6.07, 6.45) is 6.11. The van der Waals surface area contributed by atoms with Gasteiger partial charge in [0, 0.05) is 26.2 Å². The van der Waals surface area contributed by atoms with E-state index in [1.165, 1.54) is 0 Å². The zero-order valence-corrected chi connectivity index (χ0v) is 27.4. The van der Waals surface area contributed by atoms with Gasteiger partial charge in [-0.15, -0.1) is 0 Å². The van der Waals surface area contributed by atoms with Gasteiger partial charge >= 0.3 is 6.09 Å². The Hall–Kier alpha value is -4.05. The Balaban J connectivity index is 1.24. The number of nitrogens with zero attached hydrogens (tertiary/aromatic N) is 2. The van der Waals surface area contributed by atoms with Crippen LogP contribution in [0.4, 0.5) is 10.5 Å². The van der Waals surface area contributed by atoms with Gasteiger partial charge in [0.1, 0.15) is 24.7 Å². The summed E-state index contributed by atoms with van der Waals surface area (Å²) in [6, 6.07) is 24.1. The smallest absolute Gasteiger partial charge is 0.410 e. The van der Waals surface area contributed by atoms with Gasteiger partial charge in [-0.1, -0.05) is 60.7 Å². The molecule has 2 aliphatic heterocycles. The summed E-state index contributed by atoms with van der Waals surface area (Å²) >= 11 is 0. The summed E-state index contributed by atoms with van der Waals surface area (Å²) in [4.78, 5) is 17.6. The summed E-state index contributed by atoms with van der Waals surface area (Å²) in [7, 11) is 3.40. The Labute approximate surface area is 277 Å². The van der Waals surface area contributed by atoms with Gasteiger partial charge in [-0.05, 0) is 60.2 Å². The van der Waals surface area contributed by atoms with Crippen LogP contribution in [0.3, 0.4) is 0 Å². The number of methoxy groups -OCH3 is 2. The van der Waals surface area contributed by atoms with Crippen LogP contribution in [0.25, 0.3) is 0 Å². The first-order chi connectivity index (χ1) is 23.1. The van der Waals surface area contributed by atoms with Crippen LogP contribution >= 0.6 is 0 Å². The lowest BCUT2D eigenvalue weighted by molar-refractivity contribution is -0.103. The molecule has 0 spiro atoms. The summed E-state index contributed by atoms with van der Waals surface area (Å²) in [5.74, 6) is 1.56. The second-order valence-corrected chi connectivity index (χ2v) is 12.3. The normalized spacial score (nSPS) is 22.1. The molecular formula is C38H46N2O7. The van der Waals surface area contributed by atoms with Crippen molar-refractivity contribution in [1.29, 1.82) is 0 Å². The van der Waals surface area contributed by atoms with Gasteiger partial charge in [0.25, 0.3) is 0 Å². The van der Waals surface area contributed by atoms with Gasteiger partial charge in [-0.3, -0.25) is 0 Å². The third-order valence-corrected chi connectivity index (χ3v) is 9.11. The van der Waals surface area contributed by atoms with Crippen LogP contribution in [0, 0.1) is 0 Å². The van der Waals surface area contributed by atoms with Gasteiger partial charge in [-0.25, -0.2) is 4.79 Å². The minimum Gasteiger partial charge on any atom is -0.497 e. The summed E-state index contributed by atoms with van der Waals surface area (Å²) in [5, 5.41) is 0. The standard InChI is InChI=1S/C38H46N2O7/c1-42-21-8-19-39-20-22-44-34-18-13-29(23-33(34)39)27-45-35-24-40(38(41)46-26-28-9-4-3-5-10-28)25-36(47-32-11-6-7-12-32)37(35)30-14-16-31(43-2)17-15-30/h3-6,9-11,13-18,23,32,35-37H,7-8,12,19-22,24-27H2,1-2H3. The van der Waals surface area contributed by atoms with Crippen molar-refractivity contribution in [2.24, 2.45) is 0 Å². The molecule has 1 aliphatic carbocycles. The highest BCUT2D eigenvalue weighted by Gasteiger charge is 2.42. The monoisotopic (exact) mass is 642 g/mol. The molecule has 1 fully saturated rings. The molecule has 2 heterocycles. The van der Waals surface area contributed by atoms with Crippen LogP contribution in [0.1, 0.15) is 41.9 Å². The maximum atomic E-state index is 13.5. The van der Waals surface area contributed by atoms with Crippen molar-refractivity contribution in [3.63, 3.8) is 0 Å². The lowest BCUT2D eigenvalue weighted by atomic mass is 9.84. The number of hydrogen-bond acceptors (Lipinski definition) is 8. The predicted octanol–water partition coefficient (Wildman–Crippen LogP) is 6.36. The number of hydrogen-bond donors (Lipinski definition) is 0. The third kappa shape index (κ3) is 8.46. The number of fused-ring (bicyclic) bond motifs is 1. The highest BCUT2D eigenvalue weighted by Crippen LogP contribution is 2.37. The molecule has 3 aliphatic rings. The summed E-state index contributed by atoms with van der Waals surface area (Å²) < 4.78 is 36.1. The summed E-state index contributed by atoms with van der Waals surface area (Å²) in [5.41, 5.74) is 4.14. The molecule has 0 N–H and O–H groups in total. The molecule has 0 aromatic heterocycles. The highest BCUT2D eigenvalue weighted by molar-refractivity contribution is 5.68. The maximum absolute atomic E-state index is 13.5. The SMILES string of the molecule is COCCCN1CCOc2ccc(COC3CN(C(=O)OCc4ccccc4)CC(OC4C=CCC4)C3c3ccc(OC)cc3)cc21. The fourth-order valence-corrected chi connectivity index (χ4v) is 6.66. The van der Waals surface area contributed by atoms with Gasteiger partial charge in [0.15, 0.2) is 0 Å². The van der Waals surface area contributed by atoms with E-state index in [0.717, 1.165) is 66.2 Å². The molecule has 9 heteroatoms. The minimum absolute atomic E-state index is 0.00794. The van der Waals surface area contributed by atoms with Gasteiger partial charge < -0.3 is 38.2 Å². The van der Waals surface area contributed by atoms with Gasteiger partial charge in [0.05, 0.1) is 57.4 Å². The molecule has 6 rings (SSSR count). The molecule has 1 saturated heterocycles. The number of amides is 1. The Morgan fingerprint density at radius 3 is 2.53 bits per heavy atom. The number of allylic oxidation sites excluding steroid dienone is 1. The molecular weight excluding hydrogens is 596 g/mol. The maximum Gasteiger partial charge on any atom is 0.410 e. The number of carbonyl (C=O) groups excluding carboxylic acids is 1. The number of carbonyl (C=O) groups is 1. The first-order valence-electron chi connectivity index (χ1n) is 16.6. The number of anilines is 1. The Kier molecular flexibility index (Phi) is 11.3. The second-order valence-electron chi connectivity index (χ2n) is 12.3. The summed E-state index contributed by atoms with van der Waals surface area (Å²) in [6.45, 7) is 4.47. The van der Waals surface area contributed by atoms with E-state index < -0.39 is 0 Å². The number of likely N-dealkylation sites (tertiary alicyclic amines) is 1. The van der Waals surface area contributed by atoms with Crippen LogP contribution in [-0.4, -0.2) is 82.9 Å². The van der Waals surface area contributed by atoms with Crippen LogP contribution < -0.4 is 14.4 Å². The molecule has 3 aromatic carbocycles. The predicted molar refractivity (Wildman–Crippen MR) is 180 cm³/mol. The molecule has 4 atom stereocenters. The average Bonchev–Trinajstić information content (AvgIpc) is 3.63. The molecule has 9 nitrogen and oxygen atoms in total. The molecule has 4 unspecified atom stereocenters. The van der Waals surface area contributed by atoms with Crippen molar-refractivity contribution in [2.45, 2.75) is 56.7 Å². The quantitative estimate of drug-likeness (QED) is 0.158.